The normalized spacial score (nSPS) is 22.0. The van der Waals surface area contributed by atoms with Crippen LogP contribution in [0.1, 0.15) is 23.2 Å². The Hall–Kier alpha value is -1.73. The number of ether oxygens (including phenoxy) is 1. The highest BCUT2D eigenvalue weighted by atomic mass is 32.2. The summed E-state index contributed by atoms with van der Waals surface area (Å²) >= 11 is 0. The van der Waals surface area contributed by atoms with E-state index in [-0.39, 0.29) is 41.2 Å². The molecule has 2 aliphatic rings. The van der Waals surface area contributed by atoms with Gasteiger partial charge >= 0.3 is 0 Å². The number of carbonyl (C=O) groups is 2. The van der Waals surface area contributed by atoms with Gasteiger partial charge in [-0.3, -0.25) is 9.59 Å². The van der Waals surface area contributed by atoms with E-state index in [4.69, 9.17) is 4.74 Å². The van der Waals surface area contributed by atoms with E-state index < -0.39 is 15.9 Å². The average Bonchev–Trinajstić information content (AvgIpc) is 3.37. The molecule has 0 N–H and O–H groups in total. The fraction of sp³-hybridized carbons (Fsp3) is 0.500. The Labute approximate surface area is 135 Å². The zero-order valence-corrected chi connectivity index (χ0v) is 13.7. The minimum Gasteiger partial charge on any atom is -0.367 e. The van der Waals surface area contributed by atoms with Gasteiger partial charge in [-0.15, -0.1) is 0 Å². The molecule has 1 aromatic carbocycles. The molecule has 2 fully saturated rings. The number of sulfone groups is 1. The smallest absolute Gasteiger partial charge is 0.255 e. The van der Waals surface area contributed by atoms with Crippen molar-refractivity contribution in [2.24, 2.45) is 5.92 Å². The molecule has 7 heteroatoms. The zero-order chi connectivity index (χ0) is 16.6. The molecular formula is C16H19NO5S. The Morgan fingerprint density at radius 2 is 1.91 bits per heavy atom. The van der Waals surface area contributed by atoms with E-state index in [9.17, 15) is 18.0 Å². The number of hydrogen-bond acceptors (Lipinski definition) is 5. The molecule has 6 nitrogen and oxygen atoms in total. The maximum atomic E-state index is 12.7. The van der Waals surface area contributed by atoms with Gasteiger partial charge in [-0.05, 0) is 25.0 Å². The van der Waals surface area contributed by atoms with Crippen molar-refractivity contribution in [2.45, 2.75) is 23.8 Å². The molecule has 124 valence electrons. The van der Waals surface area contributed by atoms with Crippen LogP contribution in [0.4, 0.5) is 0 Å². The first-order valence-electron chi connectivity index (χ1n) is 7.61. The molecule has 0 bridgehead atoms. The van der Waals surface area contributed by atoms with Crippen molar-refractivity contribution in [2.75, 3.05) is 26.0 Å². The number of morpholine rings is 1. The van der Waals surface area contributed by atoms with E-state index in [1.54, 1.807) is 12.1 Å². The van der Waals surface area contributed by atoms with Gasteiger partial charge in [0.1, 0.15) is 6.10 Å². The third kappa shape index (κ3) is 3.45. The molecule has 23 heavy (non-hydrogen) atoms. The van der Waals surface area contributed by atoms with E-state index >= 15 is 0 Å². The molecule has 1 saturated heterocycles. The molecule has 1 heterocycles. The first-order valence-corrected chi connectivity index (χ1v) is 9.51. The number of benzene rings is 1. The lowest BCUT2D eigenvalue weighted by atomic mass is 10.1. The van der Waals surface area contributed by atoms with Gasteiger partial charge in [0.2, 0.25) is 0 Å². The lowest BCUT2D eigenvalue weighted by Gasteiger charge is -2.32. The molecule has 3 rings (SSSR count). The van der Waals surface area contributed by atoms with Gasteiger partial charge in [-0.25, -0.2) is 8.42 Å². The molecule has 0 radical (unpaired) electrons. The Kier molecular flexibility index (Phi) is 4.25. The van der Waals surface area contributed by atoms with Crippen molar-refractivity contribution in [3.05, 3.63) is 29.8 Å². The molecule has 1 aliphatic heterocycles. The first kappa shape index (κ1) is 16.1. The van der Waals surface area contributed by atoms with E-state index in [1.165, 1.54) is 17.0 Å². The van der Waals surface area contributed by atoms with E-state index in [2.05, 4.69) is 0 Å². The molecule has 1 aromatic rings. The highest BCUT2D eigenvalue weighted by Gasteiger charge is 2.38. The second-order valence-electron chi connectivity index (χ2n) is 6.06. The molecule has 1 saturated carbocycles. The summed E-state index contributed by atoms with van der Waals surface area (Å²) in [5.74, 6) is -0.250. The SMILES string of the molecule is CS(=O)(=O)c1ccccc1C(=O)N1CCO[C@H](C(=O)C2CC2)C1. The number of amides is 1. The zero-order valence-electron chi connectivity index (χ0n) is 12.9. The second-order valence-corrected chi connectivity index (χ2v) is 8.04. The molecule has 0 aromatic heterocycles. The van der Waals surface area contributed by atoms with Crippen LogP contribution in [-0.2, 0) is 19.4 Å². The van der Waals surface area contributed by atoms with E-state index in [1.807, 2.05) is 0 Å². The fourth-order valence-electron chi connectivity index (χ4n) is 2.77. The molecule has 1 amide bonds. The van der Waals surface area contributed by atoms with Crippen LogP contribution in [0.15, 0.2) is 29.2 Å². The Bertz CT molecular complexity index is 739. The lowest BCUT2D eigenvalue weighted by molar-refractivity contribution is -0.136. The lowest BCUT2D eigenvalue weighted by Crippen LogP contribution is -2.49. The number of Topliss-reactive ketones (excluding diaryl/α,β-unsaturated/α-hetero) is 1. The molecule has 0 unspecified atom stereocenters. The Balaban J connectivity index is 1.82. The minimum absolute atomic E-state index is 0.0153. The quantitative estimate of drug-likeness (QED) is 0.816. The van der Waals surface area contributed by atoms with Crippen LogP contribution < -0.4 is 0 Å². The molecule has 0 spiro atoms. The summed E-state index contributed by atoms with van der Waals surface area (Å²) in [5.41, 5.74) is 0.148. The molecule has 1 atom stereocenters. The Morgan fingerprint density at radius 1 is 1.22 bits per heavy atom. The third-order valence-corrected chi connectivity index (χ3v) is 5.32. The van der Waals surface area contributed by atoms with Gasteiger partial charge in [0, 0.05) is 18.7 Å². The standard InChI is InChI=1S/C16H19NO5S/c1-23(20,21)14-5-3-2-4-12(14)16(19)17-8-9-22-13(10-17)15(18)11-6-7-11/h2-5,11,13H,6-10H2,1H3/t13-/m0/s1. The average molecular weight is 337 g/mol. The summed E-state index contributed by atoms with van der Waals surface area (Å²) in [5, 5.41) is 0. The summed E-state index contributed by atoms with van der Waals surface area (Å²) in [6, 6.07) is 6.16. The molecule has 1 aliphatic carbocycles. The first-order chi connectivity index (χ1) is 10.9. The summed E-state index contributed by atoms with van der Waals surface area (Å²) in [6.07, 6.45) is 2.27. The number of hydrogen-bond donors (Lipinski definition) is 0. The van der Waals surface area contributed by atoms with Gasteiger partial charge in [0.15, 0.2) is 15.6 Å². The number of rotatable bonds is 4. The third-order valence-electron chi connectivity index (χ3n) is 4.17. The Morgan fingerprint density at radius 3 is 2.57 bits per heavy atom. The second kappa shape index (κ2) is 6.05. The van der Waals surface area contributed by atoms with Crippen LogP contribution in [-0.4, -0.2) is 57.1 Å². The fourth-order valence-corrected chi connectivity index (χ4v) is 3.65. The number of ketones is 1. The maximum absolute atomic E-state index is 12.7. The van der Waals surface area contributed by atoms with Crippen molar-refractivity contribution in [3.63, 3.8) is 0 Å². The highest BCUT2D eigenvalue weighted by molar-refractivity contribution is 7.90. The van der Waals surface area contributed by atoms with Crippen LogP contribution >= 0.6 is 0 Å². The van der Waals surface area contributed by atoms with E-state index in [0.29, 0.717) is 6.54 Å². The van der Waals surface area contributed by atoms with Crippen LogP contribution in [0.3, 0.4) is 0 Å². The summed E-state index contributed by atoms with van der Waals surface area (Å²) in [7, 11) is -3.50. The van der Waals surface area contributed by atoms with Crippen LogP contribution in [0, 0.1) is 5.92 Å². The van der Waals surface area contributed by atoms with Crippen LogP contribution in [0.5, 0.6) is 0 Å². The number of carbonyl (C=O) groups excluding carboxylic acids is 2. The van der Waals surface area contributed by atoms with E-state index in [0.717, 1.165) is 19.1 Å². The summed E-state index contributed by atoms with van der Waals surface area (Å²) in [4.78, 5) is 26.4. The number of nitrogens with zero attached hydrogens (tertiary/aromatic N) is 1. The van der Waals surface area contributed by atoms with Gasteiger partial charge in [0.05, 0.1) is 23.6 Å². The van der Waals surface area contributed by atoms with Crippen molar-refractivity contribution in [1.82, 2.24) is 4.90 Å². The largest absolute Gasteiger partial charge is 0.367 e. The molecular weight excluding hydrogens is 318 g/mol. The maximum Gasteiger partial charge on any atom is 0.255 e. The predicted octanol–water partition coefficient (Wildman–Crippen LogP) is 0.910. The van der Waals surface area contributed by atoms with Gasteiger partial charge < -0.3 is 9.64 Å². The van der Waals surface area contributed by atoms with Gasteiger partial charge in [0.25, 0.3) is 5.91 Å². The van der Waals surface area contributed by atoms with Crippen LogP contribution in [0.25, 0.3) is 0 Å². The van der Waals surface area contributed by atoms with Crippen molar-refractivity contribution in [3.8, 4) is 0 Å². The highest BCUT2D eigenvalue weighted by Crippen LogP contribution is 2.32. The topological polar surface area (TPSA) is 80.8 Å². The van der Waals surface area contributed by atoms with Crippen molar-refractivity contribution < 1.29 is 22.7 Å². The van der Waals surface area contributed by atoms with Crippen molar-refractivity contribution in [1.29, 1.82) is 0 Å². The minimum atomic E-state index is -3.50. The summed E-state index contributed by atoms with van der Waals surface area (Å²) < 4.78 is 29.2. The van der Waals surface area contributed by atoms with Crippen LogP contribution in [0.2, 0.25) is 0 Å². The summed E-state index contributed by atoms with van der Waals surface area (Å²) in [6.45, 7) is 0.827. The van der Waals surface area contributed by atoms with Crippen molar-refractivity contribution >= 4 is 21.5 Å². The predicted molar refractivity (Wildman–Crippen MR) is 82.9 cm³/mol. The van der Waals surface area contributed by atoms with Gasteiger partial charge in [-0.2, -0.15) is 0 Å². The van der Waals surface area contributed by atoms with Gasteiger partial charge in [-0.1, -0.05) is 12.1 Å². The monoisotopic (exact) mass is 337 g/mol.